The molecule has 0 aliphatic rings. The van der Waals surface area contributed by atoms with Gasteiger partial charge in [-0.15, -0.1) is 0 Å². The normalized spacial score (nSPS) is 12.1. The molecule has 9 heteroatoms. The van der Waals surface area contributed by atoms with Crippen molar-refractivity contribution in [2.75, 3.05) is 0 Å². The average Bonchev–Trinajstić information content (AvgIpc) is 2.75. The second-order valence-corrected chi connectivity index (χ2v) is 11.0. The highest BCUT2D eigenvalue weighted by molar-refractivity contribution is 7.86. The molecule has 184 valence electrons. The van der Waals surface area contributed by atoms with Crippen LogP contribution < -0.4 is 4.74 Å². The molecule has 2 aromatic carbocycles. The second-order valence-electron chi connectivity index (χ2n) is 8.20. The lowest BCUT2D eigenvalue weighted by Gasteiger charge is -2.14. The molecule has 0 atom stereocenters. The van der Waals surface area contributed by atoms with Crippen molar-refractivity contribution in [3.8, 4) is 11.5 Å². The SMILES string of the molecule is CCCCCCCCCCCCc1ccccc1Oc1ccc(S(=O)(=O)O)cc1S(=O)(=O)O. The third-order valence-electron chi connectivity index (χ3n) is 5.48. The number of aryl methyl sites for hydroxylation is 1. The van der Waals surface area contributed by atoms with Gasteiger partial charge in [0.1, 0.15) is 16.4 Å². The standard InChI is InChI=1S/C24H34O7S2/c1-2-3-4-5-6-7-8-9-10-11-14-20-15-12-13-16-22(20)31-23-18-17-21(32(25,26)27)19-24(23)33(28,29)30/h12-13,15-19H,2-11,14H2,1H3,(H,25,26,27)(H,28,29,30). The predicted octanol–water partition coefficient (Wildman–Crippen LogP) is 6.44. The summed E-state index contributed by atoms with van der Waals surface area (Å²) in [6.07, 6.45) is 13.0. The molecule has 0 radical (unpaired) electrons. The van der Waals surface area contributed by atoms with E-state index in [4.69, 9.17) is 4.74 Å². The number of rotatable bonds is 15. The average molecular weight is 499 g/mol. The molecular weight excluding hydrogens is 464 g/mol. The summed E-state index contributed by atoms with van der Waals surface area (Å²) in [5.74, 6) is 0.207. The van der Waals surface area contributed by atoms with E-state index in [2.05, 4.69) is 6.92 Å². The topological polar surface area (TPSA) is 118 Å². The molecule has 0 amide bonds. The van der Waals surface area contributed by atoms with Crippen molar-refractivity contribution in [2.24, 2.45) is 0 Å². The van der Waals surface area contributed by atoms with Crippen molar-refractivity contribution >= 4 is 20.2 Å². The van der Waals surface area contributed by atoms with E-state index >= 15 is 0 Å². The molecule has 0 aliphatic heterocycles. The first-order chi connectivity index (χ1) is 15.6. The number of benzene rings is 2. The minimum Gasteiger partial charge on any atom is -0.456 e. The van der Waals surface area contributed by atoms with Crippen LogP contribution >= 0.6 is 0 Å². The van der Waals surface area contributed by atoms with E-state index < -0.39 is 30.0 Å². The Hall–Kier alpha value is -1.94. The molecule has 0 aliphatic carbocycles. The Morgan fingerprint density at radius 3 is 1.85 bits per heavy atom. The summed E-state index contributed by atoms with van der Waals surface area (Å²) in [5.41, 5.74) is 0.886. The van der Waals surface area contributed by atoms with E-state index in [1.807, 2.05) is 12.1 Å². The summed E-state index contributed by atoms with van der Waals surface area (Å²) < 4.78 is 70.7. The fraction of sp³-hybridized carbons (Fsp3) is 0.500. The van der Waals surface area contributed by atoms with Gasteiger partial charge in [-0.25, -0.2) is 0 Å². The van der Waals surface area contributed by atoms with Crippen LogP contribution in [0.1, 0.15) is 76.7 Å². The maximum atomic E-state index is 11.8. The van der Waals surface area contributed by atoms with Gasteiger partial charge in [-0.1, -0.05) is 82.9 Å². The lowest BCUT2D eigenvalue weighted by atomic mass is 10.0. The highest BCUT2D eigenvalue weighted by atomic mass is 32.2. The fourth-order valence-corrected chi connectivity index (χ4v) is 4.89. The van der Waals surface area contributed by atoms with Crippen LogP contribution in [0.4, 0.5) is 0 Å². The van der Waals surface area contributed by atoms with Crippen LogP contribution in [0.15, 0.2) is 52.3 Å². The van der Waals surface area contributed by atoms with Crippen LogP contribution in [-0.2, 0) is 26.7 Å². The largest absolute Gasteiger partial charge is 0.456 e. The fourth-order valence-electron chi connectivity index (χ4n) is 3.67. The van der Waals surface area contributed by atoms with Crippen molar-refractivity contribution in [1.29, 1.82) is 0 Å². The highest BCUT2D eigenvalue weighted by Crippen LogP contribution is 2.33. The number of hydrogen-bond acceptors (Lipinski definition) is 5. The van der Waals surface area contributed by atoms with Gasteiger partial charge >= 0.3 is 0 Å². The minimum atomic E-state index is -4.79. The molecule has 0 heterocycles. The molecule has 2 rings (SSSR count). The molecule has 0 bridgehead atoms. The monoisotopic (exact) mass is 498 g/mol. The third kappa shape index (κ3) is 9.44. The molecule has 2 N–H and O–H groups in total. The van der Waals surface area contributed by atoms with Crippen LogP contribution in [0.3, 0.4) is 0 Å². The third-order valence-corrected chi connectivity index (χ3v) is 7.21. The Morgan fingerprint density at radius 2 is 1.27 bits per heavy atom. The van der Waals surface area contributed by atoms with Crippen molar-refractivity contribution in [1.82, 2.24) is 0 Å². The Bertz CT molecular complexity index is 1090. The first kappa shape index (κ1) is 27.3. The molecule has 0 unspecified atom stereocenters. The summed E-state index contributed by atoms with van der Waals surface area (Å²) >= 11 is 0. The van der Waals surface area contributed by atoms with Gasteiger partial charge in [0, 0.05) is 0 Å². The van der Waals surface area contributed by atoms with Crippen LogP contribution in [-0.4, -0.2) is 25.9 Å². The van der Waals surface area contributed by atoms with E-state index in [1.165, 1.54) is 51.4 Å². The molecular formula is C24H34O7S2. The van der Waals surface area contributed by atoms with Gasteiger partial charge in [-0.2, -0.15) is 16.8 Å². The molecule has 7 nitrogen and oxygen atoms in total. The van der Waals surface area contributed by atoms with E-state index in [9.17, 15) is 25.9 Å². The Balaban J connectivity index is 1.98. The van der Waals surface area contributed by atoms with Crippen molar-refractivity contribution in [2.45, 2.75) is 87.3 Å². The lowest BCUT2D eigenvalue weighted by Crippen LogP contribution is -2.05. The Morgan fingerprint density at radius 1 is 0.697 bits per heavy atom. The van der Waals surface area contributed by atoms with Crippen LogP contribution in [0.2, 0.25) is 0 Å². The number of hydrogen-bond donors (Lipinski definition) is 2. The van der Waals surface area contributed by atoms with Gasteiger partial charge in [-0.05, 0) is 42.7 Å². The van der Waals surface area contributed by atoms with Gasteiger partial charge in [-0.3, -0.25) is 9.11 Å². The van der Waals surface area contributed by atoms with Gasteiger partial charge < -0.3 is 4.74 Å². The zero-order valence-corrected chi connectivity index (χ0v) is 20.7. The van der Waals surface area contributed by atoms with E-state index in [1.54, 1.807) is 12.1 Å². The van der Waals surface area contributed by atoms with Crippen molar-refractivity contribution in [3.05, 3.63) is 48.0 Å². The van der Waals surface area contributed by atoms with Gasteiger partial charge in [0.05, 0.1) is 4.90 Å². The first-order valence-corrected chi connectivity index (χ1v) is 14.4. The maximum absolute atomic E-state index is 11.8. The Labute approximate surface area is 197 Å². The molecule has 0 saturated heterocycles. The van der Waals surface area contributed by atoms with Crippen LogP contribution in [0.25, 0.3) is 0 Å². The van der Waals surface area contributed by atoms with E-state index in [-0.39, 0.29) is 5.75 Å². The van der Waals surface area contributed by atoms with Crippen molar-refractivity contribution < 1.29 is 30.7 Å². The zero-order chi connectivity index (χ0) is 24.3. The summed E-state index contributed by atoms with van der Waals surface area (Å²) in [6, 6.07) is 9.98. The van der Waals surface area contributed by atoms with Crippen LogP contribution in [0, 0.1) is 0 Å². The summed E-state index contributed by atoms with van der Waals surface area (Å²) in [5, 5.41) is 0. The van der Waals surface area contributed by atoms with Crippen LogP contribution in [0.5, 0.6) is 11.5 Å². The molecule has 0 fully saturated rings. The number of unbranched alkanes of at least 4 members (excludes halogenated alkanes) is 9. The minimum absolute atomic E-state index is 0.222. The lowest BCUT2D eigenvalue weighted by molar-refractivity contribution is 0.444. The van der Waals surface area contributed by atoms with Gasteiger partial charge in [0.15, 0.2) is 0 Å². The smallest absolute Gasteiger partial charge is 0.298 e. The maximum Gasteiger partial charge on any atom is 0.298 e. The quantitative estimate of drug-likeness (QED) is 0.214. The van der Waals surface area contributed by atoms with Crippen molar-refractivity contribution in [3.63, 3.8) is 0 Å². The number of para-hydroxylation sites is 1. The first-order valence-electron chi connectivity index (χ1n) is 11.5. The summed E-state index contributed by atoms with van der Waals surface area (Å²) in [7, 11) is -9.43. The Kier molecular flexibility index (Phi) is 10.8. The summed E-state index contributed by atoms with van der Waals surface area (Å²) in [4.78, 5) is -1.38. The van der Waals surface area contributed by atoms with E-state index in [0.717, 1.165) is 37.0 Å². The zero-order valence-electron chi connectivity index (χ0n) is 19.1. The molecule has 0 spiro atoms. The van der Waals surface area contributed by atoms with Gasteiger partial charge in [0.2, 0.25) is 0 Å². The number of ether oxygens (including phenoxy) is 1. The van der Waals surface area contributed by atoms with E-state index in [0.29, 0.717) is 11.8 Å². The second kappa shape index (κ2) is 13.1. The predicted molar refractivity (Wildman–Crippen MR) is 128 cm³/mol. The molecule has 0 saturated carbocycles. The summed E-state index contributed by atoms with van der Waals surface area (Å²) in [6.45, 7) is 2.22. The molecule has 0 aromatic heterocycles. The molecule has 2 aromatic rings. The molecule has 33 heavy (non-hydrogen) atoms. The van der Waals surface area contributed by atoms with Gasteiger partial charge in [0.25, 0.3) is 20.2 Å². The highest BCUT2D eigenvalue weighted by Gasteiger charge is 2.22.